The van der Waals surface area contributed by atoms with Crippen LogP contribution >= 0.6 is 23.2 Å². The monoisotopic (exact) mass is 228 g/mol. The molecule has 1 saturated carbocycles. The molecule has 0 aliphatic heterocycles. The van der Waals surface area contributed by atoms with E-state index in [0.717, 1.165) is 25.7 Å². The van der Waals surface area contributed by atoms with E-state index in [2.05, 4.69) is 0 Å². The van der Waals surface area contributed by atoms with Crippen LogP contribution in [0, 0.1) is 5.92 Å². The molecule has 0 aromatic carbocycles. The number of allylic oxidation sites excluding steroid dienone is 2. The number of halogens is 4. The summed E-state index contributed by atoms with van der Waals surface area (Å²) in [6.07, 6.45) is 6.69. The van der Waals surface area contributed by atoms with E-state index in [9.17, 15) is 8.78 Å². The maximum Gasteiger partial charge on any atom is 0.358 e. The summed E-state index contributed by atoms with van der Waals surface area (Å²) in [6, 6.07) is 0. The van der Waals surface area contributed by atoms with Crippen molar-refractivity contribution < 1.29 is 8.78 Å². The van der Waals surface area contributed by atoms with Crippen molar-refractivity contribution >= 4 is 23.2 Å². The molecule has 1 aliphatic rings. The van der Waals surface area contributed by atoms with Crippen LogP contribution in [0.1, 0.15) is 32.1 Å². The fraction of sp³-hybridized carbons (Fsp3) is 0.778. The summed E-state index contributed by atoms with van der Waals surface area (Å²) >= 11 is 10.1. The van der Waals surface area contributed by atoms with Gasteiger partial charge in [0.05, 0.1) is 5.03 Å². The van der Waals surface area contributed by atoms with Crippen LogP contribution in [0.4, 0.5) is 8.78 Å². The third kappa shape index (κ3) is 3.82. The molecule has 0 N–H and O–H groups in total. The van der Waals surface area contributed by atoms with Gasteiger partial charge in [0.1, 0.15) is 0 Å². The molecule has 0 spiro atoms. The largest absolute Gasteiger partial charge is 0.358 e. The molecule has 0 saturated heterocycles. The molecule has 0 atom stereocenters. The van der Waals surface area contributed by atoms with Crippen LogP contribution in [0.25, 0.3) is 0 Å². The normalized spacial score (nSPS) is 22.0. The molecule has 0 aromatic rings. The molecule has 1 aliphatic carbocycles. The summed E-state index contributed by atoms with van der Waals surface area (Å²) in [6.45, 7) is 0. The van der Waals surface area contributed by atoms with Gasteiger partial charge >= 0.3 is 5.38 Å². The Balaban J connectivity index is 2.53. The zero-order chi connectivity index (χ0) is 9.90. The molecular formula is C9H12Cl2F2. The highest BCUT2D eigenvalue weighted by molar-refractivity contribution is 6.38. The van der Waals surface area contributed by atoms with E-state index >= 15 is 0 Å². The number of hydrogen-bond donors (Lipinski definition) is 0. The van der Waals surface area contributed by atoms with Crippen molar-refractivity contribution in [2.24, 2.45) is 5.92 Å². The quantitative estimate of drug-likeness (QED) is 0.610. The fourth-order valence-electron chi connectivity index (χ4n) is 1.60. The van der Waals surface area contributed by atoms with Crippen LogP contribution < -0.4 is 0 Å². The smallest absolute Gasteiger partial charge is 0.182 e. The first kappa shape index (κ1) is 11.3. The van der Waals surface area contributed by atoms with Crippen molar-refractivity contribution in [3.8, 4) is 0 Å². The lowest BCUT2D eigenvalue weighted by Crippen LogP contribution is -2.09. The first-order valence-corrected chi connectivity index (χ1v) is 5.20. The van der Waals surface area contributed by atoms with Crippen LogP contribution in [0.15, 0.2) is 11.1 Å². The SMILES string of the molecule is FC(F)(Cl)/C(Cl)=C/C1CCCCC1. The Kier molecular flexibility index (Phi) is 3.99. The predicted molar refractivity (Wildman–Crippen MR) is 51.3 cm³/mol. The van der Waals surface area contributed by atoms with Gasteiger partial charge in [-0.1, -0.05) is 36.9 Å². The second-order valence-electron chi connectivity index (χ2n) is 3.41. The van der Waals surface area contributed by atoms with Crippen LogP contribution in [0.5, 0.6) is 0 Å². The topological polar surface area (TPSA) is 0 Å². The van der Waals surface area contributed by atoms with Crippen LogP contribution in [0.2, 0.25) is 0 Å². The summed E-state index contributed by atoms with van der Waals surface area (Å²) in [5.74, 6) is 0.186. The van der Waals surface area contributed by atoms with Crippen molar-refractivity contribution in [2.45, 2.75) is 37.5 Å². The molecule has 0 heterocycles. The Morgan fingerprint density at radius 1 is 1.23 bits per heavy atom. The minimum absolute atomic E-state index is 0.186. The fourth-order valence-corrected chi connectivity index (χ4v) is 1.84. The standard InChI is InChI=1S/C9H12Cl2F2/c10-8(9(11,12)13)6-7-4-2-1-3-5-7/h6-7H,1-5H2/b8-6-. The Labute approximate surface area is 86.9 Å². The average Bonchev–Trinajstić information content (AvgIpc) is 2.04. The molecule has 0 radical (unpaired) electrons. The lowest BCUT2D eigenvalue weighted by molar-refractivity contribution is 0.146. The number of hydrogen-bond acceptors (Lipinski definition) is 0. The molecular weight excluding hydrogens is 217 g/mol. The van der Waals surface area contributed by atoms with E-state index in [0.29, 0.717) is 0 Å². The van der Waals surface area contributed by atoms with E-state index in [1.54, 1.807) is 0 Å². The third-order valence-electron chi connectivity index (χ3n) is 2.30. The Morgan fingerprint density at radius 2 is 1.77 bits per heavy atom. The lowest BCUT2D eigenvalue weighted by Gasteiger charge is -2.19. The molecule has 0 bridgehead atoms. The molecule has 0 amide bonds. The first-order chi connectivity index (χ1) is 6.00. The van der Waals surface area contributed by atoms with Gasteiger partial charge < -0.3 is 0 Å². The Hall–Kier alpha value is 0.180. The van der Waals surface area contributed by atoms with Gasteiger partial charge in [0.25, 0.3) is 0 Å². The van der Waals surface area contributed by atoms with Gasteiger partial charge in [-0.25, -0.2) is 0 Å². The summed E-state index contributed by atoms with van der Waals surface area (Å²) < 4.78 is 24.9. The van der Waals surface area contributed by atoms with Gasteiger partial charge in [-0.3, -0.25) is 0 Å². The first-order valence-electron chi connectivity index (χ1n) is 4.44. The van der Waals surface area contributed by atoms with E-state index in [1.165, 1.54) is 12.5 Å². The molecule has 1 fully saturated rings. The van der Waals surface area contributed by atoms with E-state index in [1.807, 2.05) is 0 Å². The van der Waals surface area contributed by atoms with Crippen LogP contribution in [0.3, 0.4) is 0 Å². The minimum atomic E-state index is -3.39. The zero-order valence-corrected chi connectivity index (χ0v) is 8.71. The molecule has 76 valence electrons. The highest BCUT2D eigenvalue weighted by Gasteiger charge is 2.30. The van der Waals surface area contributed by atoms with Gasteiger partial charge in [0.2, 0.25) is 0 Å². The molecule has 0 nitrogen and oxygen atoms in total. The molecule has 1 rings (SSSR count). The van der Waals surface area contributed by atoms with Gasteiger partial charge in [0.15, 0.2) is 0 Å². The Morgan fingerprint density at radius 3 is 2.23 bits per heavy atom. The zero-order valence-electron chi connectivity index (χ0n) is 7.20. The molecule has 4 heteroatoms. The van der Waals surface area contributed by atoms with Crippen molar-refractivity contribution in [1.29, 1.82) is 0 Å². The van der Waals surface area contributed by atoms with Crippen LogP contribution in [-0.2, 0) is 0 Å². The van der Waals surface area contributed by atoms with Crippen molar-refractivity contribution in [3.05, 3.63) is 11.1 Å². The minimum Gasteiger partial charge on any atom is -0.182 e. The molecule has 0 unspecified atom stereocenters. The van der Waals surface area contributed by atoms with Crippen molar-refractivity contribution in [2.75, 3.05) is 0 Å². The van der Waals surface area contributed by atoms with E-state index in [-0.39, 0.29) is 5.92 Å². The van der Waals surface area contributed by atoms with Crippen molar-refractivity contribution in [1.82, 2.24) is 0 Å². The molecule has 13 heavy (non-hydrogen) atoms. The predicted octanol–water partition coefficient (Wildman–Crippen LogP) is 4.52. The third-order valence-corrected chi connectivity index (χ3v) is 2.97. The average molecular weight is 229 g/mol. The highest BCUT2D eigenvalue weighted by atomic mass is 35.5. The van der Waals surface area contributed by atoms with Gasteiger partial charge in [0, 0.05) is 0 Å². The maximum atomic E-state index is 12.4. The second kappa shape index (κ2) is 4.61. The number of rotatable bonds is 2. The second-order valence-corrected chi connectivity index (χ2v) is 4.29. The van der Waals surface area contributed by atoms with Crippen molar-refractivity contribution in [3.63, 3.8) is 0 Å². The van der Waals surface area contributed by atoms with E-state index in [4.69, 9.17) is 23.2 Å². The summed E-state index contributed by atoms with van der Waals surface area (Å²) in [4.78, 5) is 0. The lowest BCUT2D eigenvalue weighted by atomic mass is 9.89. The molecule has 0 aromatic heterocycles. The van der Waals surface area contributed by atoms with Crippen LogP contribution in [-0.4, -0.2) is 5.38 Å². The van der Waals surface area contributed by atoms with Gasteiger partial charge in [-0.2, -0.15) is 8.78 Å². The van der Waals surface area contributed by atoms with E-state index < -0.39 is 10.4 Å². The maximum absolute atomic E-state index is 12.4. The number of alkyl halides is 3. The summed E-state index contributed by atoms with van der Waals surface area (Å²) in [5.41, 5.74) is 0. The summed E-state index contributed by atoms with van der Waals surface area (Å²) in [5, 5.41) is -3.92. The Bertz CT molecular complexity index is 190. The van der Waals surface area contributed by atoms with Gasteiger partial charge in [-0.15, -0.1) is 0 Å². The summed E-state index contributed by atoms with van der Waals surface area (Å²) in [7, 11) is 0. The van der Waals surface area contributed by atoms with Gasteiger partial charge in [-0.05, 0) is 30.4 Å². The highest BCUT2D eigenvalue weighted by Crippen LogP contribution is 2.35.